The van der Waals surface area contributed by atoms with Crippen LogP contribution in [0.15, 0.2) is 60.1 Å². The summed E-state index contributed by atoms with van der Waals surface area (Å²) in [5.74, 6) is -0.301. The average Bonchev–Trinajstić information content (AvgIpc) is 2.48. The summed E-state index contributed by atoms with van der Waals surface area (Å²) in [5.41, 5.74) is 15.0. The van der Waals surface area contributed by atoms with Gasteiger partial charge in [-0.3, -0.25) is 43.2 Å². The second-order valence-corrected chi connectivity index (χ2v) is 20.6. The first kappa shape index (κ1) is 69.2. The number of nitrogens with two attached hydrogens (primary N) is 1. The Labute approximate surface area is 505 Å². The zero-order valence-electron chi connectivity index (χ0n) is 49.6. The fraction of sp³-hybridized carbons (Fsp3) is 0.483. The van der Waals surface area contributed by atoms with Crippen molar-refractivity contribution >= 4 is 75.9 Å². The molecule has 88 heavy (non-hydrogen) atoms. The van der Waals surface area contributed by atoms with Gasteiger partial charge in [-0.25, -0.2) is 14.8 Å². The van der Waals surface area contributed by atoms with E-state index >= 15 is 0 Å². The normalized spacial score (nSPS) is 15.3. The van der Waals surface area contributed by atoms with Crippen molar-refractivity contribution in [1.29, 1.82) is 0 Å². The van der Waals surface area contributed by atoms with E-state index in [-0.39, 0.29) is 131 Å². The maximum Gasteiger partial charge on any atom is 0.328 e. The number of esters is 4. The number of hydrogen-bond donors (Lipinski definition) is 6. The number of hydrogen-bond acceptors (Lipinski definition) is 23. The molecule has 5 rings (SSSR count). The standard InChI is InChI=1S/C58H71N11O19/c1-33(71)40(15-17-48(74)81-5)65-54(77)37-23-36(24-38(25-37)55(78)66-41(56(79)83-7)16-18-49(75)82-6)53(76)62-20-10-14-42(72)34-11-8-13-39(26-34)86-31-46(67-68-60)85-22-21-84-30-45(73)61-19-9-12-35-28-69(52-50(35)51(59)63-32-64-52)47-27-43(44(29-70)87-47)88-57(80)58(2,3)4/h8,11,13,23-26,28,32,40-41,43-44,46-47,70H,10,14-22,27,29-31H2,1-7H3,(H,61,73)(H,62,76)(H,65,77)(H,66,78)(H2,59,63,64)/t40-,41-,43-,44+,46?,47+/m0/s1. The van der Waals surface area contributed by atoms with Gasteiger partial charge in [0, 0.05) is 65.6 Å². The summed E-state index contributed by atoms with van der Waals surface area (Å²) >= 11 is 0. The van der Waals surface area contributed by atoms with Gasteiger partial charge in [0.15, 0.2) is 17.8 Å². The molecule has 0 radical (unpaired) electrons. The predicted molar refractivity (Wildman–Crippen MR) is 308 cm³/mol. The second kappa shape index (κ2) is 34.0. The molecule has 7 N–H and O–H groups in total. The van der Waals surface area contributed by atoms with E-state index in [1.165, 1.54) is 19.3 Å². The van der Waals surface area contributed by atoms with Crippen LogP contribution in [-0.2, 0) is 61.9 Å². The minimum Gasteiger partial charge on any atom is -0.491 e. The first-order chi connectivity index (χ1) is 42.0. The number of carbonyl (C=O) groups is 10. The summed E-state index contributed by atoms with van der Waals surface area (Å²) in [7, 11) is 3.39. The Kier molecular flexibility index (Phi) is 26.7. The Morgan fingerprint density at radius 2 is 1.52 bits per heavy atom. The number of nitrogens with zero attached hydrogens (tertiary/aromatic N) is 6. The Hall–Kier alpha value is -9.53. The molecule has 0 bridgehead atoms. The van der Waals surface area contributed by atoms with Gasteiger partial charge in [-0.15, -0.1) is 0 Å². The van der Waals surface area contributed by atoms with Crippen molar-refractivity contribution in [3.63, 3.8) is 0 Å². The molecule has 0 saturated carbocycles. The molecule has 0 aliphatic carbocycles. The largest absolute Gasteiger partial charge is 0.491 e. The highest BCUT2D eigenvalue weighted by Crippen LogP contribution is 2.36. The summed E-state index contributed by atoms with van der Waals surface area (Å²) in [6.07, 6.45) is -0.882. The number of amides is 4. The summed E-state index contributed by atoms with van der Waals surface area (Å²) in [6.45, 7) is 5.03. The lowest BCUT2D eigenvalue weighted by Gasteiger charge is -2.22. The van der Waals surface area contributed by atoms with Gasteiger partial charge in [-0.2, -0.15) is 0 Å². The number of nitrogen functional groups attached to an aromatic ring is 1. The molecule has 472 valence electrons. The number of anilines is 1. The number of benzene rings is 2. The molecule has 1 aliphatic rings. The van der Waals surface area contributed by atoms with Gasteiger partial charge in [0.05, 0.1) is 70.1 Å². The molecule has 30 nitrogen and oxygen atoms in total. The van der Waals surface area contributed by atoms with Crippen molar-refractivity contribution in [1.82, 2.24) is 35.8 Å². The van der Waals surface area contributed by atoms with Gasteiger partial charge >= 0.3 is 23.9 Å². The number of fused-ring (bicyclic) bond motifs is 1. The smallest absolute Gasteiger partial charge is 0.328 e. The van der Waals surface area contributed by atoms with E-state index in [9.17, 15) is 58.6 Å². The average molecular weight is 1230 g/mol. The van der Waals surface area contributed by atoms with E-state index in [0.29, 0.717) is 16.6 Å². The predicted octanol–water partition coefficient (Wildman–Crippen LogP) is 2.73. The fourth-order valence-corrected chi connectivity index (χ4v) is 8.43. The van der Waals surface area contributed by atoms with E-state index in [1.54, 1.807) is 49.7 Å². The van der Waals surface area contributed by atoms with Crippen LogP contribution in [0.25, 0.3) is 21.5 Å². The van der Waals surface area contributed by atoms with E-state index in [4.69, 9.17) is 34.2 Å². The third-order valence-electron chi connectivity index (χ3n) is 13.2. The number of aliphatic hydroxyl groups is 1. The number of ether oxygens (including phenoxy) is 8. The number of nitrogens with one attached hydrogen (secondary N) is 4. The molecule has 0 spiro atoms. The number of aliphatic hydroxyl groups excluding tert-OH is 1. The van der Waals surface area contributed by atoms with Gasteiger partial charge in [-0.05, 0) is 82.8 Å². The number of methoxy groups -OCH3 is 3. The molecule has 2 aromatic heterocycles. The van der Waals surface area contributed by atoms with Crippen molar-refractivity contribution < 1.29 is 90.9 Å². The highest BCUT2D eigenvalue weighted by Gasteiger charge is 2.41. The van der Waals surface area contributed by atoms with Crippen LogP contribution >= 0.6 is 0 Å². The Bertz CT molecular complexity index is 3310. The molecule has 1 unspecified atom stereocenters. The van der Waals surface area contributed by atoms with Crippen molar-refractivity contribution in [3.05, 3.63) is 93.2 Å². The zero-order chi connectivity index (χ0) is 64.5. The number of aromatic nitrogens is 3. The highest BCUT2D eigenvalue weighted by atomic mass is 16.6. The van der Waals surface area contributed by atoms with Gasteiger partial charge in [0.25, 0.3) is 17.7 Å². The molecular formula is C58H71N11O19. The van der Waals surface area contributed by atoms with Crippen molar-refractivity contribution in [2.24, 2.45) is 10.5 Å². The van der Waals surface area contributed by atoms with Gasteiger partial charge in [-0.1, -0.05) is 29.1 Å². The van der Waals surface area contributed by atoms with Crippen LogP contribution in [0.2, 0.25) is 0 Å². The molecule has 4 aromatic rings. The summed E-state index contributed by atoms with van der Waals surface area (Å²) in [4.78, 5) is 139. The number of ketones is 2. The van der Waals surface area contributed by atoms with E-state index in [1.807, 2.05) is 0 Å². The summed E-state index contributed by atoms with van der Waals surface area (Å²) in [6, 6.07) is 7.07. The van der Waals surface area contributed by atoms with Crippen LogP contribution in [0.1, 0.15) is 126 Å². The zero-order valence-corrected chi connectivity index (χ0v) is 49.6. The quantitative estimate of drug-likeness (QED) is 0.00598. The lowest BCUT2D eigenvalue weighted by molar-refractivity contribution is -0.162. The lowest BCUT2D eigenvalue weighted by atomic mass is 9.97. The summed E-state index contributed by atoms with van der Waals surface area (Å²) in [5, 5.41) is 24.2. The molecule has 6 atom stereocenters. The molecule has 2 aromatic carbocycles. The third kappa shape index (κ3) is 20.9. The number of rotatable bonds is 32. The maximum atomic E-state index is 13.6. The third-order valence-corrected chi connectivity index (χ3v) is 13.2. The molecule has 1 saturated heterocycles. The molecular weight excluding hydrogens is 1150 g/mol. The Morgan fingerprint density at radius 3 is 2.15 bits per heavy atom. The molecule has 1 aliphatic heterocycles. The second-order valence-electron chi connectivity index (χ2n) is 20.6. The van der Waals surface area contributed by atoms with Crippen molar-refractivity contribution in [3.8, 4) is 17.6 Å². The number of azide groups is 1. The summed E-state index contributed by atoms with van der Waals surface area (Å²) < 4.78 is 44.3. The van der Waals surface area contributed by atoms with Crippen LogP contribution in [0, 0.1) is 17.3 Å². The van der Waals surface area contributed by atoms with Crippen LogP contribution in [-0.4, -0.2) is 177 Å². The minimum atomic E-state index is -1.34. The fourth-order valence-electron chi connectivity index (χ4n) is 8.43. The van der Waals surface area contributed by atoms with E-state index < -0.39 is 95.5 Å². The molecule has 1 fully saturated rings. The van der Waals surface area contributed by atoms with E-state index in [2.05, 4.69) is 62.6 Å². The number of Topliss-reactive ketones (excluding diaryl/α,β-unsaturated/α-hetero) is 2. The molecule has 3 heterocycles. The van der Waals surface area contributed by atoms with E-state index in [0.717, 1.165) is 39.5 Å². The molecule has 30 heteroatoms. The highest BCUT2D eigenvalue weighted by molar-refractivity contribution is 6.06. The first-order valence-corrected chi connectivity index (χ1v) is 27.6. The van der Waals surface area contributed by atoms with Crippen molar-refractivity contribution in [2.45, 2.75) is 109 Å². The number of carbonyl (C=O) groups excluding carboxylic acids is 10. The van der Waals surface area contributed by atoms with Crippen LogP contribution < -0.4 is 31.7 Å². The topological polar surface area (TPSA) is 418 Å². The SMILES string of the molecule is COC(=O)CC[C@H](NC(=O)c1cc(C(=O)NCCCC(=O)c2cccc(OCC(N=[N+]=[N-])OCCOCC(=O)NCC#Cc3cn([C@H]4C[C@H](OC(=O)C(C)(C)C)[C@@H](CO)O4)c4ncnc(N)c34)c2)cc(C(=O)N[C@@H](CCC(=O)OC)C(=O)OC)c1)C(C)=O. The monoisotopic (exact) mass is 1230 g/mol. The van der Waals surface area contributed by atoms with Crippen LogP contribution in [0.3, 0.4) is 0 Å². The first-order valence-electron chi connectivity index (χ1n) is 27.6. The van der Waals surface area contributed by atoms with Gasteiger partial charge in [0.1, 0.15) is 61.2 Å². The molecule has 4 amide bonds. The minimum absolute atomic E-state index is 0.0557. The van der Waals surface area contributed by atoms with Crippen molar-refractivity contribution in [2.75, 3.05) is 73.2 Å². The van der Waals surface area contributed by atoms with Crippen LogP contribution in [0.5, 0.6) is 5.75 Å². The maximum absolute atomic E-state index is 13.6. The van der Waals surface area contributed by atoms with Gasteiger partial charge < -0.3 is 74.6 Å². The van der Waals surface area contributed by atoms with Crippen LogP contribution in [0.4, 0.5) is 5.82 Å². The Balaban J connectivity index is 1.09. The van der Waals surface area contributed by atoms with Gasteiger partial charge in [0.2, 0.25) is 5.91 Å². The Morgan fingerprint density at radius 1 is 0.864 bits per heavy atom. The lowest BCUT2D eigenvalue weighted by Crippen LogP contribution is -2.42.